The van der Waals surface area contributed by atoms with Crippen LogP contribution in [0.1, 0.15) is 38.5 Å². The number of hydrogen-bond acceptors (Lipinski definition) is 1. The van der Waals surface area contributed by atoms with Gasteiger partial charge in [0.05, 0.1) is 0 Å². The molecule has 11 heavy (non-hydrogen) atoms. The molecule has 0 bridgehead atoms. The molecule has 0 saturated carbocycles. The van der Waals surface area contributed by atoms with Crippen molar-refractivity contribution >= 4 is 5.78 Å². The van der Waals surface area contributed by atoms with Crippen LogP contribution in [-0.2, 0) is 4.79 Å². The lowest BCUT2D eigenvalue weighted by Gasteiger charge is -2.00. The molecule has 0 aromatic carbocycles. The quantitative estimate of drug-likeness (QED) is 0.520. The maximum absolute atomic E-state index is 11.0. The highest BCUT2D eigenvalue weighted by Crippen LogP contribution is 2.09. The number of ketones is 1. The predicted octanol–water partition coefficient (Wildman–Crippen LogP) is 2.67. The topological polar surface area (TPSA) is 17.1 Å². The van der Waals surface area contributed by atoms with Gasteiger partial charge >= 0.3 is 0 Å². The van der Waals surface area contributed by atoms with E-state index in [2.05, 4.69) is 6.42 Å². The van der Waals surface area contributed by atoms with Crippen LogP contribution in [-0.4, -0.2) is 5.78 Å². The van der Waals surface area contributed by atoms with Crippen molar-refractivity contribution in [2.24, 2.45) is 0 Å². The van der Waals surface area contributed by atoms with E-state index in [9.17, 15) is 4.79 Å². The zero-order valence-corrected chi connectivity index (χ0v) is 6.88. The molecule has 1 radical (unpaired) electrons. The minimum atomic E-state index is 0.298. The third-order valence-corrected chi connectivity index (χ3v) is 1.92. The Bertz CT molecular complexity index is 147. The molecule has 0 spiro atoms. The molecule has 61 valence electrons. The van der Waals surface area contributed by atoms with Gasteiger partial charge in [0.2, 0.25) is 0 Å². The molecule has 0 saturated heterocycles. The van der Waals surface area contributed by atoms with Crippen LogP contribution in [0.3, 0.4) is 0 Å². The van der Waals surface area contributed by atoms with Crippen molar-refractivity contribution < 1.29 is 4.79 Å². The fraction of sp³-hybridized carbons (Fsp3) is 0.600. The van der Waals surface area contributed by atoms with Crippen LogP contribution in [0.15, 0.2) is 12.2 Å². The zero-order valence-electron chi connectivity index (χ0n) is 6.88. The molecule has 0 unspecified atom stereocenters. The highest BCUT2D eigenvalue weighted by Gasteiger charge is 1.98. The second kappa shape index (κ2) is 5.11. The predicted molar refractivity (Wildman–Crippen MR) is 46.1 cm³/mol. The Labute approximate surface area is 68.5 Å². The fourth-order valence-corrected chi connectivity index (χ4v) is 1.24. The summed E-state index contributed by atoms with van der Waals surface area (Å²) in [5.74, 6) is 0.298. The largest absolute Gasteiger partial charge is 0.295 e. The third-order valence-electron chi connectivity index (χ3n) is 1.92. The van der Waals surface area contributed by atoms with Crippen LogP contribution in [0.25, 0.3) is 0 Å². The normalized spacial score (nSPS) is 21.6. The first-order valence-electron chi connectivity index (χ1n) is 4.40. The summed E-state index contributed by atoms with van der Waals surface area (Å²) in [4.78, 5) is 11.0. The van der Waals surface area contributed by atoms with Gasteiger partial charge in [-0.1, -0.05) is 18.9 Å². The van der Waals surface area contributed by atoms with Crippen LogP contribution in [0.2, 0.25) is 0 Å². The Balaban J connectivity index is 2.32. The highest BCUT2D eigenvalue weighted by atomic mass is 16.1. The van der Waals surface area contributed by atoms with E-state index in [1.165, 1.54) is 12.8 Å². The van der Waals surface area contributed by atoms with Gasteiger partial charge in [0, 0.05) is 6.42 Å². The molecule has 1 nitrogen and oxygen atoms in total. The molecule has 1 aliphatic carbocycles. The van der Waals surface area contributed by atoms with Gasteiger partial charge in [-0.05, 0) is 31.8 Å². The van der Waals surface area contributed by atoms with Crippen LogP contribution in [0, 0.1) is 6.42 Å². The Hall–Kier alpha value is -0.590. The molecule has 0 fully saturated rings. The zero-order chi connectivity index (χ0) is 7.94. The summed E-state index contributed by atoms with van der Waals surface area (Å²) in [6.07, 6.45) is 12.4. The Kier molecular flexibility index (Phi) is 3.95. The van der Waals surface area contributed by atoms with Gasteiger partial charge < -0.3 is 0 Å². The van der Waals surface area contributed by atoms with Gasteiger partial charge in [-0.3, -0.25) is 4.79 Å². The number of carbonyl (C=O) groups excluding carboxylic acids is 1. The molecule has 1 aliphatic rings. The van der Waals surface area contributed by atoms with Crippen molar-refractivity contribution in [3.8, 4) is 0 Å². The van der Waals surface area contributed by atoms with Crippen molar-refractivity contribution in [1.82, 2.24) is 0 Å². The van der Waals surface area contributed by atoms with E-state index >= 15 is 0 Å². The van der Waals surface area contributed by atoms with Crippen molar-refractivity contribution in [2.75, 3.05) is 0 Å². The minimum absolute atomic E-state index is 0.298. The SMILES string of the molecule is O=C1C=CCC[CH]CCCC1. The molecule has 0 amide bonds. The van der Waals surface area contributed by atoms with Crippen LogP contribution in [0.4, 0.5) is 0 Å². The van der Waals surface area contributed by atoms with E-state index in [1.807, 2.05) is 6.08 Å². The second-order valence-corrected chi connectivity index (χ2v) is 2.98. The van der Waals surface area contributed by atoms with Gasteiger partial charge in [-0.2, -0.15) is 0 Å². The first kappa shape index (κ1) is 8.51. The summed E-state index contributed by atoms with van der Waals surface area (Å²) < 4.78 is 0. The lowest BCUT2D eigenvalue weighted by atomic mass is 10.0. The van der Waals surface area contributed by atoms with Gasteiger partial charge in [0.15, 0.2) is 5.78 Å². The lowest BCUT2D eigenvalue weighted by molar-refractivity contribution is -0.114. The van der Waals surface area contributed by atoms with Gasteiger partial charge in [-0.15, -0.1) is 0 Å². The average molecular weight is 151 g/mol. The van der Waals surface area contributed by atoms with E-state index in [-0.39, 0.29) is 0 Å². The summed E-state index contributed by atoms with van der Waals surface area (Å²) in [6.45, 7) is 0. The number of allylic oxidation sites excluding steroid dienone is 2. The fourth-order valence-electron chi connectivity index (χ4n) is 1.24. The van der Waals surface area contributed by atoms with Crippen molar-refractivity contribution in [2.45, 2.75) is 38.5 Å². The summed E-state index contributed by atoms with van der Waals surface area (Å²) >= 11 is 0. The monoisotopic (exact) mass is 151 g/mol. The molecule has 1 heteroatoms. The summed E-state index contributed by atoms with van der Waals surface area (Å²) in [7, 11) is 0. The van der Waals surface area contributed by atoms with E-state index in [0.717, 1.165) is 25.7 Å². The average Bonchev–Trinajstić information content (AvgIpc) is 2.03. The van der Waals surface area contributed by atoms with Crippen LogP contribution in [0.5, 0.6) is 0 Å². The molecule has 0 aromatic rings. The maximum atomic E-state index is 11.0. The third kappa shape index (κ3) is 3.97. The van der Waals surface area contributed by atoms with Crippen molar-refractivity contribution in [3.63, 3.8) is 0 Å². The Morgan fingerprint density at radius 3 is 2.91 bits per heavy atom. The summed E-state index contributed by atoms with van der Waals surface area (Å²) in [5, 5.41) is 0. The molecular weight excluding hydrogens is 136 g/mol. The summed E-state index contributed by atoms with van der Waals surface area (Å²) in [5.41, 5.74) is 0. The van der Waals surface area contributed by atoms with Gasteiger partial charge in [-0.25, -0.2) is 0 Å². The summed E-state index contributed by atoms with van der Waals surface area (Å²) in [6, 6.07) is 0. The van der Waals surface area contributed by atoms with E-state index in [1.54, 1.807) is 6.08 Å². The van der Waals surface area contributed by atoms with Crippen molar-refractivity contribution in [3.05, 3.63) is 18.6 Å². The van der Waals surface area contributed by atoms with Gasteiger partial charge in [0.25, 0.3) is 0 Å². The molecule has 0 atom stereocenters. The minimum Gasteiger partial charge on any atom is -0.295 e. The Morgan fingerprint density at radius 1 is 1.09 bits per heavy atom. The van der Waals surface area contributed by atoms with Gasteiger partial charge in [0.1, 0.15) is 0 Å². The van der Waals surface area contributed by atoms with Crippen LogP contribution >= 0.6 is 0 Å². The first-order chi connectivity index (χ1) is 5.39. The molecule has 0 N–H and O–H groups in total. The standard InChI is InChI=1S/C10H15O/c11-10-8-6-4-2-1-3-5-7-9-10/h1,6,8H,2-5,7,9H2. The molecular formula is C10H15O. The number of hydrogen-bond donors (Lipinski definition) is 0. The number of carbonyl (C=O) groups is 1. The smallest absolute Gasteiger partial charge is 0.155 e. The molecule has 0 aliphatic heterocycles. The highest BCUT2D eigenvalue weighted by molar-refractivity contribution is 5.89. The van der Waals surface area contributed by atoms with E-state index in [4.69, 9.17) is 0 Å². The van der Waals surface area contributed by atoms with E-state index in [0.29, 0.717) is 5.78 Å². The first-order valence-corrected chi connectivity index (χ1v) is 4.40. The van der Waals surface area contributed by atoms with Crippen LogP contribution < -0.4 is 0 Å². The number of rotatable bonds is 0. The van der Waals surface area contributed by atoms with Crippen molar-refractivity contribution in [1.29, 1.82) is 0 Å². The molecule has 0 aromatic heterocycles. The molecule has 1 rings (SSSR count). The molecule has 0 heterocycles. The Morgan fingerprint density at radius 2 is 2.00 bits per heavy atom. The maximum Gasteiger partial charge on any atom is 0.155 e. The lowest BCUT2D eigenvalue weighted by Crippen LogP contribution is -1.94. The second-order valence-electron chi connectivity index (χ2n) is 2.98. The van der Waals surface area contributed by atoms with E-state index < -0.39 is 0 Å².